The van der Waals surface area contributed by atoms with E-state index >= 15 is 0 Å². The summed E-state index contributed by atoms with van der Waals surface area (Å²) in [5.74, 6) is 2.52. The molecule has 0 saturated heterocycles. The van der Waals surface area contributed by atoms with Crippen molar-refractivity contribution in [2.45, 2.75) is 57.7 Å². The van der Waals surface area contributed by atoms with Crippen molar-refractivity contribution in [3.05, 3.63) is 59.7 Å². The van der Waals surface area contributed by atoms with Crippen LogP contribution in [0.5, 0.6) is 11.5 Å². The summed E-state index contributed by atoms with van der Waals surface area (Å²) in [4.78, 5) is 0. The third kappa shape index (κ3) is 3.15. The first-order chi connectivity index (χ1) is 13.8. The van der Waals surface area contributed by atoms with Crippen LogP contribution in [0.4, 0.5) is 0 Å². The zero-order valence-corrected chi connectivity index (χ0v) is 16.5. The predicted molar refractivity (Wildman–Crippen MR) is 111 cm³/mol. The van der Waals surface area contributed by atoms with Crippen molar-refractivity contribution in [1.82, 2.24) is 5.01 Å². The minimum Gasteiger partial charge on any atom is -0.494 e. The summed E-state index contributed by atoms with van der Waals surface area (Å²) in [5.41, 5.74) is 3.59. The van der Waals surface area contributed by atoms with E-state index in [-0.39, 0.29) is 12.3 Å². The summed E-state index contributed by atoms with van der Waals surface area (Å²) in [6.07, 6.45) is 7.43. The summed E-state index contributed by atoms with van der Waals surface area (Å²) in [7, 11) is 0. The van der Waals surface area contributed by atoms with E-state index in [0.717, 1.165) is 23.6 Å². The smallest absolute Gasteiger partial charge is 0.190 e. The molecule has 2 aliphatic heterocycles. The van der Waals surface area contributed by atoms with E-state index < -0.39 is 0 Å². The highest BCUT2D eigenvalue weighted by molar-refractivity contribution is 6.02. The van der Waals surface area contributed by atoms with Crippen molar-refractivity contribution in [2.24, 2.45) is 11.0 Å². The Labute approximate surface area is 167 Å². The summed E-state index contributed by atoms with van der Waals surface area (Å²) in [5, 5.41) is 7.36. The molecule has 2 aromatic rings. The molecule has 0 N–H and O–H groups in total. The Morgan fingerprint density at radius 3 is 2.61 bits per heavy atom. The van der Waals surface area contributed by atoms with Gasteiger partial charge < -0.3 is 9.47 Å². The van der Waals surface area contributed by atoms with Gasteiger partial charge in [-0.3, -0.25) is 0 Å². The second-order valence-corrected chi connectivity index (χ2v) is 8.05. The molecule has 2 aromatic carbocycles. The lowest BCUT2D eigenvalue weighted by Gasteiger charge is -2.42. The van der Waals surface area contributed by atoms with Gasteiger partial charge in [-0.25, -0.2) is 5.01 Å². The van der Waals surface area contributed by atoms with E-state index in [1.54, 1.807) is 0 Å². The van der Waals surface area contributed by atoms with Crippen molar-refractivity contribution in [3.63, 3.8) is 0 Å². The lowest BCUT2D eigenvalue weighted by atomic mass is 9.86. The second-order valence-electron chi connectivity index (χ2n) is 8.05. The Morgan fingerprint density at radius 1 is 1.04 bits per heavy atom. The van der Waals surface area contributed by atoms with E-state index in [4.69, 9.17) is 14.6 Å². The van der Waals surface area contributed by atoms with Crippen molar-refractivity contribution < 1.29 is 9.47 Å². The molecule has 1 aliphatic carbocycles. The lowest BCUT2D eigenvalue weighted by Crippen LogP contribution is -2.45. The topological polar surface area (TPSA) is 34.1 Å². The van der Waals surface area contributed by atoms with Gasteiger partial charge in [0.2, 0.25) is 0 Å². The van der Waals surface area contributed by atoms with Crippen molar-refractivity contribution in [2.75, 3.05) is 6.61 Å². The van der Waals surface area contributed by atoms with Gasteiger partial charge in [0.1, 0.15) is 11.5 Å². The van der Waals surface area contributed by atoms with Crippen LogP contribution >= 0.6 is 0 Å². The molecule has 2 heterocycles. The van der Waals surface area contributed by atoms with Gasteiger partial charge in [0, 0.05) is 17.9 Å². The third-order valence-corrected chi connectivity index (χ3v) is 6.28. The predicted octanol–water partition coefficient (Wildman–Crippen LogP) is 5.54. The number of ether oxygens (including phenoxy) is 2. The minimum absolute atomic E-state index is 0.0559. The number of benzene rings is 2. The molecule has 4 nitrogen and oxygen atoms in total. The molecule has 0 radical (unpaired) electrons. The molecule has 4 heteroatoms. The summed E-state index contributed by atoms with van der Waals surface area (Å²) in [6.45, 7) is 2.70. The van der Waals surface area contributed by atoms with E-state index in [0.29, 0.717) is 12.5 Å². The Balaban J connectivity index is 1.47. The highest BCUT2D eigenvalue weighted by atomic mass is 16.5. The number of nitrogens with zero attached hydrogens (tertiary/aromatic N) is 2. The van der Waals surface area contributed by atoms with E-state index in [1.165, 1.54) is 43.2 Å². The average molecular weight is 377 g/mol. The molecular formula is C24H28N2O2. The third-order valence-electron chi connectivity index (χ3n) is 6.28. The monoisotopic (exact) mass is 376 g/mol. The van der Waals surface area contributed by atoms with Crippen LogP contribution in [0.1, 0.15) is 62.6 Å². The number of fused-ring (bicyclic) bond motifs is 3. The van der Waals surface area contributed by atoms with Crippen LogP contribution in [0.15, 0.2) is 53.6 Å². The maximum atomic E-state index is 6.52. The molecule has 0 spiro atoms. The number of para-hydroxylation sites is 1. The highest BCUT2D eigenvalue weighted by Crippen LogP contribution is 2.46. The number of hydrogen-bond acceptors (Lipinski definition) is 4. The van der Waals surface area contributed by atoms with Gasteiger partial charge in [-0.2, -0.15) is 5.10 Å². The van der Waals surface area contributed by atoms with Crippen molar-refractivity contribution >= 4 is 5.71 Å². The van der Waals surface area contributed by atoms with Crippen molar-refractivity contribution in [3.8, 4) is 11.5 Å². The van der Waals surface area contributed by atoms with Crippen LogP contribution < -0.4 is 9.47 Å². The highest BCUT2D eigenvalue weighted by Gasteiger charge is 2.43. The molecule has 0 aromatic heterocycles. The molecule has 28 heavy (non-hydrogen) atoms. The zero-order valence-electron chi connectivity index (χ0n) is 16.5. The Kier molecular flexibility index (Phi) is 4.71. The van der Waals surface area contributed by atoms with E-state index in [9.17, 15) is 0 Å². The maximum absolute atomic E-state index is 6.52. The average Bonchev–Trinajstić information content (AvgIpc) is 3.20. The van der Waals surface area contributed by atoms with Gasteiger partial charge in [-0.15, -0.1) is 0 Å². The van der Waals surface area contributed by atoms with Gasteiger partial charge in [-0.05, 0) is 55.7 Å². The maximum Gasteiger partial charge on any atom is 0.190 e. The SMILES string of the molecule is CCOc1ccc(C2=NN3[C@@H](C4CCCCC4)Oc4ccccc4[C@@H]3C2)cc1. The number of hydrogen-bond donors (Lipinski definition) is 0. The molecular weight excluding hydrogens is 348 g/mol. The van der Waals surface area contributed by atoms with Gasteiger partial charge in [0.05, 0.1) is 18.4 Å². The van der Waals surface area contributed by atoms with Crippen LogP contribution in [0, 0.1) is 5.92 Å². The van der Waals surface area contributed by atoms with Gasteiger partial charge >= 0.3 is 0 Å². The Hall–Kier alpha value is -2.49. The summed E-state index contributed by atoms with van der Waals surface area (Å²) in [6, 6.07) is 17.1. The largest absolute Gasteiger partial charge is 0.494 e. The van der Waals surface area contributed by atoms with E-state index in [1.807, 2.05) is 19.1 Å². The van der Waals surface area contributed by atoms with Crippen LogP contribution in [0.2, 0.25) is 0 Å². The fraction of sp³-hybridized carbons (Fsp3) is 0.458. The zero-order chi connectivity index (χ0) is 18.9. The molecule has 1 fully saturated rings. The minimum atomic E-state index is 0.0559. The molecule has 2 atom stereocenters. The first-order valence-electron chi connectivity index (χ1n) is 10.7. The summed E-state index contributed by atoms with van der Waals surface area (Å²) < 4.78 is 12.1. The fourth-order valence-electron chi connectivity index (χ4n) is 4.88. The Morgan fingerprint density at radius 2 is 1.82 bits per heavy atom. The van der Waals surface area contributed by atoms with Gasteiger partial charge in [0.15, 0.2) is 6.23 Å². The molecule has 5 rings (SSSR count). The van der Waals surface area contributed by atoms with Gasteiger partial charge in [-0.1, -0.05) is 37.5 Å². The molecule has 0 amide bonds. The van der Waals surface area contributed by atoms with Crippen LogP contribution in [-0.4, -0.2) is 23.6 Å². The number of rotatable bonds is 4. The molecule has 146 valence electrons. The standard InChI is InChI=1S/C24H28N2O2/c1-2-27-19-14-12-17(13-15-19)21-16-22-20-10-6-7-11-23(20)28-24(26(22)25-21)18-8-4-3-5-9-18/h6-7,10-15,18,22,24H,2-5,8-9,16H2,1H3/t22-,24+/m0/s1. The molecule has 0 unspecified atom stereocenters. The second kappa shape index (κ2) is 7.50. The Bertz CT molecular complexity index is 855. The molecule has 0 bridgehead atoms. The summed E-state index contributed by atoms with van der Waals surface area (Å²) >= 11 is 0. The normalized spacial score (nSPS) is 24.2. The molecule has 1 saturated carbocycles. The number of hydrazone groups is 1. The van der Waals surface area contributed by atoms with Crippen LogP contribution in [0.25, 0.3) is 0 Å². The van der Waals surface area contributed by atoms with Gasteiger partial charge in [0.25, 0.3) is 0 Å². The lowest BCUT2D eigenvalue weighted by molar-refractivity contribution is -0.0643. The van der Waals surface area contributed by atoms with Crippen molar-refractivity contribution in [1.29, 1.82) is 0 Å². The first-order valence-corrected chi connectivity index (χ1v) is 10.7. The fourth-order valence-corrected chi connectivity index (χ4v) is 4.88. The first kappa shape index (κ1) is 17.6. The van der Waals surface area contributed by atoms with Crippen LogP contribution in [-0.2, 0) is 0 Å². The quantitative estimate of drug-likeness (QED) is 0.703. The van der Waals surface area contributed by atoms with E-state index in [2.05, 4.69) is 41.4 Å². The van der Waals surface area contributed by atoms with Crippen LogP contribution in [0.3, 0.4) is 0 Å². The molecule has 3 aliphatic rings.